The van der Waals surface area contributed by atoms with Crippen LogP contribution >= 0.6 is 0 Å². The summed E-state index contributed by atoms with van der Waals surface area (Å²) in [6, 6.07) is 14.1. The Labute approximate surface area is 150 Å². The minimum Gasteiger partial charge on any atom is -0.484 e. The van der Waals surface area contributed by atoms with Gasteiger partial charge in [0, 0.05) is 25.3 Å². The monoisotopic (exact) mass is 340 g/mol. The molecule has 2 aromatic rings. The molecule has 0 fully saturated rings. The van der Waals surface area contributed by atoms with Crippen LogP contribution in [0.4, 0.5) is 5.69 Å². The summed E-state index contributed by atoms with van der Waals surface area (Å²) in [6.07, 6.45) is 0. The molecule has 1 amide bonds. The van der Waals surface area contributed by atoms with Crippen molar-refractivity contribution >= 4 is 11.6 Å². The number of carbonyl (C=O) groups excluding carboxylic acids is 1. The summed E-state index contributed by atoms with van der Waals surface area (Å²) in [6.45, 7) is 10.9. The van der Waals surface area contributed by atoms with Gasteiger partial charge in [-0.05, 0) is 68.7 Å². The highest BCUT2D eigenvalue weighted by Gasteiger charge is 2.05. The lowest BCUT2D eigenvalue weighted by Crippen LogP contribution is -2.28. The fourth-order valence-electron chi connectivity index (χ4n) is 2.62. The van der Waals surface area contributed by atoms with Crippen LogP contribution < -0.4 is 15.0 Å². The van der Waals surface area contributed by atoms with Crippen molar-refractivity contribution in [2.24, 2.45) is 0 Å². The third kappa shape index (κ3) is 5.52. The first-order valence-electron chi connectivity index (χ1n) is 8.84. The zero-order chi connectivity index (χ0) is 18.2. The van der Waals surface area contributed by atoms with Gasteiger partial charge in [0.2, 0.25) is 0 Å². The van der Waals surface area contributed by atoms with Gasteiger partial charge in [0.1, 0.15) is 5.75 Å². The molecule has 0 spiro atoms. The van der Waals surface area contributed by atoms with Crippen molar-refractivity contribution < 1.29 is 9.53 Å². The fourth-order valence-corrected chi connectivity index (χ4v) is 2.62. The van der Waals surface area contributed by atoms with Crippen LogP contribution in [-0.4, -0.2) is 25.6 Å². The summed E-state index contributed by atoms with van der Waals surface area (Å²) < 4.78 is 5.55. The van der Waals surface area contributed by atoms with Crippen molar-refractivity contribution in [1.82, 2.24) is 5.32 Å². The highest BCUT2D eigenvalue weighted by molar-refractivity contribution is 5.77. The van der Waals surface area contributed by atoms with Crippen LogP contribution in [0.3, 0.4) is 0 Å². The number of hydrogen-bond donors (Lipinski definition) is 1. The lowest BCUT2D eigenvalue weighted by atomic mass is 10.1. The summed E-state index contributed by atoms with van der Waals surface area (Å²) in [7, 11) is 0. The summed E-state index contributed by atoms with van der Waals surface area (Å²) in [5, 5.41) is 2.89. The molecule has 0 bridgehead atoms. The maximum atomic E-state index is 12.0. The fraction of sp³-hybridized carbons (Fsp3) is 0.381. The number of nitrogens with zero attached hydrogens (tertiary/aromatic N) is 1. The van der Waals surface area contributed by atoms with Crippen molar-refractivity contribution in [3.63, 3.8) is 0 Å². The van der Waals surface area contributed by atoms with E-state index in [-0.39, 0.29) is 12.5 Å². The van der Waals surface area contributed by atoms with E-state index in [4.69, 9.17) is 4.74 Å². The maximum absolute atomic E-state index is 12.0. The molecular weight excluding hydrogens is 312 g/mol. The molecule has 2 aromatic carbocycles. The number of hydrogen-bond acceptors (Lipinski definition) is 3. The third-order valence-corrected chi connectivity index (χ3v) is 4.40. The number of aryl methyl sites for hydroxylation is 2. The topological polar surface area (TPSA) is 41.6 Å². The van der Waals surface area contributed by atoms with Gasteiger partial charge >= 0.3 is 0 Å². The Balaban J connectivity index is 1.80. The first-order chi connectivity index (χ1) is 12.0. The number of amides is 1. The van der Waals surface area contributed by atoms with E-state index in [9.17, 15) is 4.79 Å². The van der Waals surface area contributed by atoms with Gasteiger partial charge in [-0.2, -0.15) is 0 Å². The molecule has 25 heavy (non-hydrogen) atoms. The number of ether oxygens (including phenoxy) is 1. The van der Waals surface area contributed by atoms with Gasteiger partial charge in [-0.15, -0.1) is 0 Å². The molecule has 0 saturated carbocycles. The first-order valence-corrected chi connectivity index (χ1v) is 8.84. The molecule has 0 aliphatic carbocycles. The van der Waals surface area contributed by atoms with Crippen LogP contribution in [0.1, 0.15) is 30.5 Å². The molecule has 4 heteroatoms. The van der Waals surface area contributed by atoms with Crippen molar-refractivity contribution in [2.45, 2.75) is 34.2 Å². The van der Waals surface area contributed by atoms with Gasteiger partial charge in [-0.25, -0.2) is 0 Å². The zero-order valence-corrected chi connectivity index (χ0v) is 15.6. The van der Waals surface area contributed by atoms with Crippen LogP contribution in [0, 0.1) is 13.8 Å². The van der Waals surface area contributed by atoms with Gasteiger partial charge < -0.3 is 15.0 Å². The average molecular weight is 340 g/mol. The van der Waals surface area contributed by atoms with Crippen LogP contribution in [0.25, 0.3) is 0 Å². The maximum Gasteiger partial charge on any atom is 0.258 e. The van der Waals surface area contributed by atoms with Gasteiger partial charge in [0.25, 0.3) is 5.91 Å². The van der Waals surface area contributed by atoms with Crippen molar-refractivity contribution in [3.8, 4) is 5.75 Å². The van der Waals surface area contributed by atoms with E-state index in [1.165, 1.54) is 11.3 Å². The predicted octanol–water partition coefficient (Wildman–Crippen LogP) is 3.84. The largest absolute Gasteiger partial charge is 0.484 e. The normalized spacial score (nSPS) is 10.4. The molecule has 0 unspecified atom stereocenters. The van der Waals surface area contributed by atoms with Crippen LogP contribution in [0.5, 0.6) is 5.75 Å². The molecule has 0 aliphatic heterocycles. The van der Waals surface area contributed by atoms with Crippen molar-refractivity contribution in [1.29, 1.82) is 0 Å². The van der Waals surface area contributed by atoms with Crippen LogP contribution in [-0.2, 0) is 11.3 Å². The van der Waals surface area contributed by atoms with E-state index in [1.54, 1.807) is 0 Å². The second-order valence-electron chi connectivity index (χ2n) is 6.15. The minimum absolute atomic E-state index is 0.0278. The Hall–Kier alpha value is -2.49. The van der Waals surface area contributed by atoms with Crippen molar-refractivity contribution in [2.75, 3.05) is 24.6 Å². The quantitative estimate of drug-likeness (QED) is 0.794. The van der Waals surface area contributed by atoms with Gasteiger partial charge in [-0.3, -0.25) is 4.79 Å². The smallest absolute Gasteiger partial charge is 0.258 e. The molecule has 4 nitrogen and oxygen atoms in total. The Bertz CT molecular complexity index is 692. The molecule has 2 rings (SSSR count). The van der Waals surface area contributed by atoms with Gasteiger partial charge in [0.15, 0.2) is 6.61 Å². The van der Waals surface area contributed by atoms with Crippen LogP contribution in [0.2, 0.25) is 0 Å². The number of carbonyl (C=O) groups is 1. The first kappa shape index (κ1) is 18.8. The Morgan fingerprint density at radius 3 is 2.28 bits per heavy atom. The third-order valence-electron chi connectivity index (χ3n) is 4.40. The van der Waals surface area contributed by atoms with Gasteiger partial charge in [-0.1, -0.05) is 18.2 Å². The van der Waals surface area contributed by atoms with E-state index in [0.717, 1.165) is 30.0 Å². The summed E-state index contributed by atoms with van der Waals surface area (Å²) in [5.74, 6) is 0.605. The molecule has 0 aliphatic rings. The van der Waals surface area contributed by atoms with E-state index in [2.05, 4.69) is 55.3 Å². The lowest BCUT2D eigenvalue weighted by Gasteiger charge is -2.21. The Morgan fingerprint density at radius 1 is 1.00 bits per heavy atom. The molecule has 1 N–H and O–H groups in total. The van der Waals surface area contributed by atoms with E-state index >= 15 is 0 Å². The average Bonchev–Trinajstić information content (AvgIpc) is 2.63. The molecule has 0 aromatic heterocycles. The minimum atomic E-state index is -0.119. The lowest BCUT2D eigenvalue weighted by molar-refractivity contribution is -0.123. The number of rotatable bonds is 8. The van der Waals surface area contributed by atoms with Crippen molar-refractivity contribution in [3.05, 3.63) is 59.2 Å². The number of nitrogens with one attached hydrogen (secondary N) is 1. The molecular formula is C21H28N2O2. The summed E-state index contributed by atoms with van der Waals surface area (Å²) >= 11 is 0. The second kappa shape index (κ2) is 9.11. The molecule has 0 radical (unpaired) electrons. The van der Waals surface area contributed by atoms with Crippen LogP contribution in [0.15, 0.2) is 42.5 Å². The predicted molar refractivity (Wildman–Crippen MR) is 103 cm³/mol. The SMILES string of the molecule is CCN(CC)c1ccc(CNC(=O)COc2ccc(C)c(C)c2)cc1. The summed E-state index contributed by atoms with van der Waals surface area (Å²) in [5.41, 5.74) is 4.66. The highest BCUT2D eigenvalue weighted by atomic mass is 16.5. The second-order valence-corrected chi connectivity index (χ2v) is 6.15. The Morgan fingerprint density at radius 2 is 1.68 bits per heavy atom. The molecule has 0 saturated heterocycles. The summed E-state index contributed by atoms with van der Waals surface area (Å²) in [4.78, 5) is 14.3. The van der Waals surface area contributed by atoms with E-state index in [1.807, 2.05) is 25.1 Å². The molecule has 0 heterocycles. The molecule has 0 atom stereocenters. The highest BCUT2D eigenvalue weighted by Crippen LogP contribution is 2.16. The number of anilines is 1. The van der Waals surface area contributed by atoms with Gasteiger partial charge in [0.05, 0.1) is 0 Å². The zero-order valence-electron chi connectivity index (χ0n) is 15.6. The van der Waals surface area contributed by atoms with E-state index < -0.39 is 0 Å². The van der Waals surface area contributed by atoms with E-state index in [0.29, 0.717) is 6.54 Å². The standard InChI is InChI=1S/C21H28N2O2/c1-5-23(6-2)19-10-8-18(9-11-19)14-22-21(24)15-25-20-12-7-16(3)17(4)13-20/h7-13H,5-6,14-15H2,1-4H3,(H,22,24). The molecule has 134 valence electrons. The number of benzene rings is 2. The Kier molecular flexibility index (Phi) is 6.87.